The zero-order valence-electron chi connectivity index (χ0n) is 22.7. The minimum atomic E-state index is -0.489. The number of urea groups is 1. The molecule has 0 bridgehead atoms. The Morgan fingerprint density at radius 2 is 2.11 bits per heavy atom. The molecule has 4 rings (SSSR count). The van der Waals surface area contributed by atoms with E-state index in [9.17, 15) is 9.59 Å². The molecule has 1 aliphatic carbocycles. The number of nitrogens with zero attached hydrogens (tertiary/aromatic N) is 1. The number of hydrogen-bond acceptors (Lipinski definition) is 6. The minimum absolute atomic E-state index is 0.0254. The van der Waals surface area contributed by atoms with Gasteiger partial charge in [-0.25, -0.2) is 9.59 Å². The number of benzene rings is 1. The van der Waals surface area contributed by atoms with E-state index in [1.807, 2.05) is 36.2 Å². The number of halogens is 1. The van der Waals surface area contributed by atoms with E-state index in [-0.39, 0.29) is 29.7 Å². The van der Waals surface area contributed by atoms with Crippen LogP contribution in [0.15, 0.2) is 24.3 Å². The lowest BCUT2D eigenvalue weighted by Gasteiger charge is -2.38. The molecule has 2 heterocycles. The smallest absolute Gasteiger partial charge is 0.406 e. The van der Waals surface area contributed by atoms with Crippen molar-refractivity contribution in [2.24, 2.45) is 11.8 Å². The van der Waals surface area contributed by atoms with E-state index >= 15 is 0 Å². The number of hydrogen-bond donors (Lipinski definition) is 3. The summed E-state index contributed by atoms with van der Waals surface area (Å²) in [5.41, 5.74) is 1.17. The van der Waals surface area contributed by atoms with E-state index in [4.69, 9.17) is 21.1 Å². The van der Waals surface area contributed by atoms with Crippen LogP contribution in [0.25, 0.3) is 0 Å². The van der Waals surface area contributed by atoms with Gasteiger partial charge in [-0.1, -0.05) is 23.7 Å². The highest BCUT2D eigenvalue weighted by atomic mass is 35.5. The molecular formula is C28H43ClN4O5. The molecule has 3 N–H and O–H groups in total. The highest BCUT2D eigenvalue weighted by Crippen LogP contribution is 2.47. The van der Waals surface area contributed by atoms with Crippen molar-refractivity contribution < 1.29 is 23.8 Å². The molecule has 2 aliphatic heterocycles. The summed E-state index contributed by atoms with van der Waals surface area (Å²) in [6, 6.07) is 7.70. The first-order chi connectivity index (χ1) is 18.4. The van der Waals surface area contributed by atoms with Crippen LogP contribution in [0, 0.1) is 11.8 Å². The zero-order chi connectivity index (χ0) is 27.0. The van der Waals surface area contributed by atoms with Crippen molar-refractivity contribution in [1.82, 2.24) is 20.9 Å². The number of rotatable bonds is 11. The quantitative estimate of drug-likeness (QED) is 0.358. The summed E-state index contributed by atoms with van der Waals surface area (Å²) in [4.78, 5) is 26.7. The molecule has 38 heavy (non-hydrogen) atoms. The second-order valence-electron chi connectivity index (χ2n) is 11.0. The molecule has 3 amide bonds. The topological polar surface area (TPSA) is 101 Å². The fourth-order valence-corrected chi connectivity index (χ4v) is 5.98. The van der Waals surface area contributed by atoms with Crippen molar-refractivity contribution in [3.8, 4) is 0 Å². The highest BCUT2D eigenvalue weighted by molar-refractivity contribution is 6.30. The Kier molecular flexibility index (Phi) is 10.5. The maximum atomic E-state index is 13.4. The van der Waals surface area contributed by atoms with Gasteiger partial charge < -0.3 is 35.1 Å². The van der Waals surface area contributed by atoms with Gasteiger partial charge in [-0.15, -0.1) is 0 Å². The van der Waals surface area contributed by atoms with E-state index in [0.717, 1.165) is 50.9 Å². The molecule has 1 spiro atoms. The Bertz CT molecular complexity index is 920. The summed E-state index contributed by atoms with van der Waals surface area (Å²) in [5, 5.41) is 9.84. The van der Waals surface area contributed by atoms with Crippen molar-refractivity contribution in [2.75, 3.05) is 53.6 Å². The number of alkyl carbamates (subject to hydrolysis) is 1. The molecule has 0 aromatic heterocycles. The maximum absolute atomic E-state index is 13.4. The number of likely N-dealkylation sites (N-methyl/N-ethyl adjacent to an activating group) is 1. The molecule has 2 saturated heterocycles. The monoisotopic (exact) mass is 550 g/mol. The Hall–Kier alpha value is -2.07. The van der Waals surface area contributed by atoms with E-state index < -0.39 is 6.09 Å². The van der Waals surface area contributed by atoms with Gasteiger partial charge in [0.1, 0.15) is 0 Å². The SMILES string of the molecule is CNCC(CC1CCC2(CC2)OC1)NC(=O)N1CCCC(C(OCCNC(=O)OC)c2cccc(Cl)c2)C1. The van der Waals surface area contributed by atoms with Gasteiger partial charge in [0.2, 0.25) is 0 Å². The first kappa shape index (κ1) is 28.9. The lowest BCUT2D eigenvalue weighted by Crippen LogP contribution is -2.52. The standard InChI is InChI=1S/C28H43ClN4O5/c1-30-17-24(15-20-8-9-28(10-11-28)38-19-20)32-26(34)33-13-4-6-22(18-33)25(21-5-3-7-23(29)16-21)37-14-12-31-27(35)36-2/h3,5,7,16,20,22,24-25,30H,4,6,8-15,17-19H2,1-2H3,(H,31,35)(H,32,34). The largest absolute Gasteiger partial charge is 0.453 e. The number of carbonyl (C=O) groups excluding carboxylic acids is 2. The Balaban J connectivity index is 1.34. The molecule has 9 nitrogen and oxygen atoms in total. The average Bonchev–Trinajstić information content (AvgIpc) is 3.69. The van der Waals surface area contributed by atoms with E-state index in [0.29, 0.717) is 30.6 Å². The number of amides is 3. The van der Waals surface area contributed by atoms with Crippen LogP contribution < -0.4 is 16.0 Å². The maximum Gasteiger partial charge on any atom is 0.406 e. The molecule has 10 heteroatoms. The molecule has 4 unspecified atom stereocenters. The van der Waals surface area contributed by atoms with Crippen molar-refractivity contribution >= 4 is 23.7 Å². The number of ether oxygens (including phenoxy) is 3. The molecule has 1 aromatic rings. The third-order valence-electron chi connectivity index (χ3n) is 8.04. The second-order valence-corrected chi connectivity index (χ2v) is 11.4. The number of carbonyl (C=O) groups is 2. The van der Waals surface area contributed by atoms with Gasteiger partial charge in [0.05, 0.1) is 32.0 Å². The predicted molar refractivity (Wildman–Crippen MR) is 146 cm³/mol. The van der Waals surface area contributed by atoms with Crippen molar-refractivity contribution in [3.05, 3.63) is 34.9 Å². The molecule has 1 aromatic carbocycles. The molecule has 3 aliphatic rings. The normalized spacial score (nSPS) is 23.9. The van der Waals surface area contributed by atoms with Crippen LogP contribution in [0.5, 0.6) is 0 Å². The number of piperidine rings is 1. The first-order valence-corrected chi connectivity index (χ1v) is 14.3. The van der Waals surface area contributed by atoms with Gasteiger partial charge in [0.25, 0.3) is 0 Å². The zero-order valence-corrected chi connectivity index (χ0v) is 23.4. The summed E-state index contributed by atoms with van der Waals surface area (Å²) in [6.07, 6.45) is 6.74. The summed E-state index contributed by atoms with van der Waals surface area (Å²) in [6.45, 7) is 3.49. The fraction of sp³-hybridized carbons (Fsp3) is 0.714. The Morgan fingerprint density at radius 1 is 1.26 bits per heavy atom. The van der Waals surface area contributed by atoms with Crippen LogP contribution in [-0.2, 0) is 14.2 Å². The van der Waals surface area contributed by atoms with Gasteiger partial charge in [0.15, 0.2) is 0 Å². The van der Waals surface area contributed by atoms with Crippen LogP contribution in [0.4, 0.5) is 9.59 Å². The third kappa shape index (κ3) is 8.21. The predicted octanol–water partition coefficient (Wildman–Crippen LogP) is 4.11. The highest BCUT2D eigenvalue weighted by Gasteiger charge is 2.46. The van der Waals surface area contributed by atoms with Crippen LogP contribution in [0.2, 0.25) is 5.02 Å². The summed E-state index contributed by atoms with van der Waals surface area (Å²) in [7, 11) is 3.26. The van der Waals surface area contributed by atoms with Crippen molar-refractivity contribution in [1.29, 1.82) is 0 Å². The molecule has 4 atom stereocenters. The summed E-state index contributed by atoms with van der Waals surface area (Å²) < 4.78 is 17.1. The first-order valence-electron chi connectivity index (χ1n) is 13.9. The fourth-order valence-electron chi connectivity index (χ4n) is 5.79. The number of nitrogens with one attached hydrogen (secondary N) is 3. The average molecular weight is 551 g/mol. The van der Waals surface area contributed by atoms with Gasteiger partial charge >= 0.3 is 12.1 Å². The Labute approximate surface area is 231 Å². The summed E-state index contributed by atoms with van der Waals surface area (Å²) >= 11 is 6.30. The molecule has 0 radical (unpaired) electrons. The molecule has 3 fully saturated rings. The van der Waals surface area contributed by atoms with Gasteiger partial charge in [0, 0.05) is 43.2 Å². The number of methoxy groups -OCH3 is 1. The second kappa shape index (κ2) is 13.8. The summed E-state index contributed by atoms with van der Waals surface area (Å²) in [5.74, 6) is 0.587. The van der Waals surface area contributed by atoms with Crippen LogP contribution in [-0.4, -0.2) is 82.2 Å². The van der Waals surface area contributed by atoms with Gasteiger partial charge in [-0.3, -0.25) is 0 Å². The third-order valence-corrected chi connectivity index (χ3v) is 8.28. The van der Waals surface area contributed by atoms with Crippen molar-refractivity contribution in [2.45, 2.75) is 62.7 Å². The van der Waals surface area contributed by atoms with Gasteiger partial charge in [-0.2, -0.15) is 0 Å². The minimum Gasteiger partial charge on any atom is -0.453 e. The lowest BCUT2D eigenvalue weighted by atomic mass is 9.88. The molecular weight excluding hydrogens is 508 g/mol. The van der Waals surface area contributed by atoms with Crippen LogP contribution >= 0.6 is 11.6 Å². The van der Waals surface area contributed by atoms with E-state index in [1.165, 1.54) is 26.4 Å². The lowest BCUT2D eigenvalue weighted by molar-refractivity contribution is -0.0380. The van der Waals surface area contributed by atoms with Gasteiger partial charge in [-0.05, 0) is 75.6 Å². The molecule has 1 saturated carbocycles. The Morgan fingerprint density at radius 3 is 2.79 bits per heavy atom. The molecule has 212 valence electrons. The van der Waals surface area contributed by atoms with Crippen molar-refractivity contribution in [3.63, 3.8) is 0 Å². The van der Waals surface area contributed by atoms with Crippen LogP contribution in [0.1, 0.15) is 56.6 Å². The van der Waals surface area contributed by atoms with E-state index in [2.05, 4.69) is 20.7 Å². The van der Waals surface area contributed by atoms with E-state index in [1.54, 1.807) is 0 Å². The van der Waals surface area contributed by atoms with Crippen LogP contribution in [0.3, 0.4) is 0 Å². The number of likely N-dealkylation sites (tertiary alicyclic amines) is 1.